The number of benzene rings is 3. The lowest BCUT2D eigenvalue weighted by Gasteiger charge is -2.15. The van der Waals surface area contributed by atoms with Crippen molar-refractivity contribution in [2.24, 2.45) is 0 Å². The summed E-state index contributed by atoms with van der Waals surface area (Å²) in [7, 11) is 0. The number of non-ortho nitro benzene ring substituents is 1. The highest BCUT2D eigenvalue weighted by Crippen LogP contribution is 2.18. The molecule has 10 heteroatoms. The van der Waals surface area contributed by atoms with Gasteiger partial charge in [-0.15, -0.1) is 0 Å². The van der Waals surface area contributed by atoms with E-state index in [-0.39, 0.29) is 23.8 Å². The van der Waals surface area contributed by atoms with E-state index in [1.54, 1.807) is 48.5 Å². The van der Waals surface area contributed by atoms with Crippen molar-refractivity contribution in [3.63, 3.8) is 0 Å². The van der Waals surface area contributed by atoms with Gasteiger partial charge in [-0.3, -0.25) is 24.5 Å². The molecule has 0 heterocycles. The normalized spacial score (nSPS) is 11.1. The molecular weight excluding hydrogens is 440 g/mol. The molecule has 3 aromatic rings. The number of nitrogens with zero attached hydrogens (tertiary/aromatic N) is 1. The fraction of sp³-hybridized carbons (Fsp3) is 0.125. The molecule has 0 radical (unpaired) electrons. The number of nitro benzene ring substituents is 1. The molecule has 0 bridgehead atoms. The number of rotatable bonds is 9. The Hall–Kier alpha value is -4.73. The maximum Gasteiger partial charge on any atom is 0.270 e. The Morgan fingerprint density at radius 3 is 2.35 bits per heavy atom. The Morgan fingerprint density at radius 1 is 0.912 bits per heavy atom. The van der Waals surface area contributed by atoms with Gasteiger partial charge >= 0.3 is 0 Å². The van der Waals surface area contributed by atoms with Gasteiger partial charge in [0, 0.05) is 35.1 Å². The third-order valence-corrected chi connectivity index (χ3v) is 4.59. The average Bonchev–Trinajstić information content (AvgIpc) is 2.83. The number of nitro groups is 1. The van der Waals surface area contributed by atoms with Gasteiger partial charge in [-0.1, -0.05) is 30.3 Å². The number of ether oxygens (including phenoxy) is 1. The summed E-state index contributed by atoms with van der Waals surface area (Å²) in [5.41, 5.74) is 0.901. The van der Waals surface area contributed by atoms with Gasteiger partial charge < -0.3 is 20.7 Å². The first-order valence-electron chi connectivity index (χ1n) is 10.3. The van der Waals surface area contributed by atoms with Crippen molar-refractivity contribution in [3.8, 4) is 5.75 Å². The molecule has 0 aliphatic heterocycles. The quantitative estimate of drug-likeness (QED) is 0.329. The van der Waals surface area contributed by atoms with Crippen LogP contribution in [0.4, 0.5) is 17.1 Å². The third-order valence-electron chi connectivity index (χ3n) is 4.59. The molecule has 174 valence electrons. The lowest BCUT2D eigenvalue weighted by atomic mass is 10.1. The van der Waals surface area contributed by atoms with Gasteiger partial charge in [0.1, 0.15) is 11.8 Å². The van der Waals surface area contributed by atoms with Crippen LogP contribution in [0.3, 0.4) is 0 Å². The predicted octanol–water partition coefficient (Wildman–Crippen LogP) is 3.37. The second kappa shape index (κ2) is 11.2. The number of para-hydroxylation sites is 1. The Kier molecular flexibility index (Phi) is 7.90. The standard InChI is InChI=1S/C24H22N4O6/c1-16(25-24(31)17-7-5-11-20(13-17)28(32)33)23(30)27-19-10-6-12-21(14-19)34-15-22(29)26-18-8-3-2-4-9-18/h2-14,16H,15H2,1H3,(H,25,31)(H,26,29)(H,27,30). The van der Waals surface area contributed by atoms with E-state index in [0.717, 1.165) is 6.07 Å². The zero-order valence-corrected chi connectivity index (χ0v) is 18.2. The molecule has 3 N–H and O–H groups in total. The van der Waals surface area contributed by atoms with Crippen molar-refractivity contribution in [2.75, 3.05) is 17.2 Å². The lowest BCUT2D eigenvalue weighted by molar-refractivity contribution is -0.384. The summed E-state index contributed by atoms with van der Waals surface area (Å²) in [6, 6.07) is 19.7. The van der Waals surface area contributed by atoms with Gasteiger partial charge in [-0.2, -0.15) is 0 Å². The number of carbonyl (C=O) groups excluding carboxylic acids is 3. The van der Waals surface area contributed by atoms with E-state index in [9.17, 15) is 24.5 Å². The van der Waals surface area contributed by atoms with Crippen molar-refractivity contribution in [2.45, 2.75) is 13.0 Å². The average molecular weight is 462 g/mol. The summed E-state index contributed by atoms with van der Waals surface area (Å²) in [5, 5.41) is 18.7. The highest BCUT2D eigenvalue weighted by atomic mass is 16.6. The topological polar surface area (TPSA) is 140 Å². The second-order valence-electron chi connectivity index (χ2n) is 7.22. The van der Waals surface area contributed by atoms with Crippen molar-refractivity contribution >= 4 is 34.8 Å². The number of hydrogen-bond acceptors (Lipinski definition) is 6. The molecular formula is C24H22N4O6. The molecule has 1 unspecified atom stereocenters. The van der Waals surface area contributed by atoms with Gasteiger partial charge in [0.15, 0.2) is 6.61 Å². The predicted molar refractivity (Wildman–Crippen MR) is 126 cm³/mol. The molecule has 0 aromatic heterocycles. The van der Waals surface area contributed by atoms with Gasteiger partial charge in [-0.05, 0) is 37.3 Å². The van der Waals surface area contributed by atoms with E-state index in [2.05, 4.69) is 16.0 Å². The van der Waals surface area contributed by atoms with Crippen LogP contribution in [0.5, 0.6) is 5.75 Å². The van der Waals surface area contributed by atoms with Crippen LogP contribution in [-0.2, 0) is 9.59 Å². The minimum atomic E-state index is -0.923. The maximum absolute atomic E-state index is 12.5. The molecule has 3 rings (SSSR count). The molecule has 0 aliphatic carbocycles. The number of hydrogen-bond donors (Lipinski definition) is 3. The summed E-state index contributed by atoms with van der Waals surface area (Å²) in [5.74, 6) is -1.09. The Labute approximate surface area is 195 Å². The van der Waals surface area contributed by atoms with Crippen LogP contribution in [0, 0.1) is 10.1 Å². The summed E-state index contributed by atoms with van der Waals surface area (Å²) in [6.45, 7) is 1.26. The monoisotopic (exact) mass is 462 g/mol. The largest absolute Gasteiger partial charge is 0.484 e. The highest BCUT2D eigenvalue weighted by Gasteiger charge is 2.18. The third kappa shape index (κ3) is 6.89. The van der Waals surface area contributed by atoms with Crippen molar-refractivity contribution in [1.29, 1.82) is 0 Å². The second-order valence-corrected chi connectivity index (χ2v) is 7.22. The molecule has 0 aliphatic rings. The molecule has 0 saturated carbocycles. The van der Waals surface area contributed by atoms with Gasteiger partial charge in [-0.25, -0.2) is 0 Å². The first-order valence-corrected chi connectivity index (χ1v) is 10.3. The lowest BCUT2D eigenvalue weighted by Crippen LogP contribution is -2.41. The van der Waals surface area contributed by atoms with Crippen LogP contribution in [0.1, 0.15) is 17.3 Å². The number of nitrogens with one attached hydrogen (secondary N) is 3. The minimum Gasteiger partial charge on any atom is -0.484 e. The zero-order chi connectivity index (χ0) is 24.5. The van der Waals surface area contributed by atoms with E-state index < -0.39 is 22.8 Å². The first kappa shape index (κ1) is 23.9. The Bertz CT molecular complexity index is 1200. The molecule has 0 fully saturated rings. The van der Waals surface area contributed by atoms with Crippen LogP contribution in [0.2, 0.25) is 0 Å². The molecule has 34 heavy (non-hydrogen) atoms. The van der Waals surface area contributed by atoms with Crippen LogP contribution in [0.25, 0.3) is 0 Å². The van der Waals surface area contributed by atoms with Crippen LogP contribution >= 0.6 is 0 Å². The summed E-state index contributed by atoms with van der Waals surface area (Å²) in [6.07, 6.45) is 0. The van der Waals surface area contributed by atoms with Crippen molar-refractivity contribution < 1.29 is 24.0 Å². The molecule has 3 aromatic carbocycles. The van der Waals surface area contributed by atoms with E-state index >= 15 is 0 Å². The fourth-order valence-corrected chi connectivity index (χ4v) is 2.89. The van der Waals surface area contributed by atoms with Crippen LogP contribution in [0.15, 0.2) is 78.9 Å². The van der Waals surface area contributed by atoms with Gasteiger partial charge in [0.05, 0.1) is 4.92 Å². The van der Waals surface area contributed by atoms with Gasteiger partial charge in [0.25, 0.3) is 17.5 Å². The van der Waals surface area contributed by atoms with Crippen LogP contribution < -0.4 is 20.7 Å². The molecule has 0 spiro atoms. The van der Waals surface area contributed by atoms with E-state index in [0.29, 0.717) is 17.1 Å². The zero-order valence-electron chi connectivity index (χ0n) is 18.2. The number of amides is 3. The van der Waals surface area contributed by atoms with Crippen LogP contribution in [-0.4, -0.2) is 35.3 Å². The molecule has 1 atom stereocenters. The van der Waals surface area contributed by atoms with E-state index in [4.69, 9.17) is 4.74 Å². The van der Waals surface area contributed by atoms with E-state index in [1.807, 2.05) is 6.07 Å². The van der Waals surface area contributed by atoms with Gasteiger partial charge in [0.2, 0.25) is 5.91 Å². The summed E-state index contributed by atoms with van der Waals surface area (Å²) >= 11 is 0. The summed E-state index contributed by atoms with van der Waals surface area (Å²) in [4.78, 5) is 47.2. The SMILES string of the molecule is CC(NC(=O)c1cccc([N+](=O)[O-])c1)C(=O)Nc1cccc(OCC(=O)Nc2ccccc2)c1. The minimum absolute atomic E-state index is 0.0676. The number of carbonyl (C=O) groups is 3. The van der Waals surface area contributed by atoms with Crippen molar-refractivity contribution in [1.82, 2.24) is 5.32 Å². The van der Waals surface area contributed by atoms with Crippen molar-refractivity contribution in [3.05, 3.63) is 94.5 Å². The molecule has 10 nitrogen and oxygen atoms in total. The smallest absolute Gasteiger partial charge is 0.270 e. The molecule has 3 amide bonds. The molecule has 0 saturated heterocycles. The number of anilines is 2. The Morgan fingerprint density at radius 2 is 1.62 bits per heavy atom. The fourth-order valence-electron chi connectivity index (χ4n) is 2.89. The summed E-state index contributed by atoms with van der Waals surface area (Å²) < 4.78 is 5.49. The first-order chi connectivity index (χ1) is 16.3. The Balaban J connectivity index is 1.52. The maximum atomic E-state index is 12.5. The highest BCUT2D eigenvalue weighted by molar-refractivity contribution is 6.01. The van der Waals surface area contributed by atoms with E-state index in [1.165, 1.54) is 25.1 Å².